The smallest absolute Gasteiger partial charge is 0.279 e. The molecule has 0 bridgehead atoms. The van der Waals surface area contributed by atoms with Gasteiger partial charge in [-0.15, -0.1) is 0 Å². The number of amides is 1. The third-order valence-corrected chi connectivity index (χ3v) is 6.65. The largest absolute Gasteiger partial charge is 0.494 e. The maximum atomic E-state index is 13.9. The molecule has 4 aromatic heterocycles. The van der Waals surface area contributed by atoms with Crippen LogP contribution in [-0.4, -0.2) is 32.4 Å². The first-order valence-corrected chi connectivity index (χ1v) is 11.0. The van der Waals surface area contributed by atoms with Crippen LogP contribution in [0.1, 0.15) is 21.7 Å². The van der Waals surface area contributed by atoms with E-state index in [9.17, 15) is 4.79 Å². The molecule has 0 fully saturated rings. The number of nitrogens with zero attached hydrogens (tertiary/aromatic N) is 5. The molecule has 0 aliphatic carbocycles. The first-order valence-electron chi connectivity index (χ1n) is 9.84. The van der Waals surface area contributed by atoms with Crippen molar-refractivity contribution >= 4 is 49.8 Å². The average molecular weight is 464 g/mol. The van der Waals surface area contributed by atoms with Gasteiger partial charge >= 0.3 is 0 Å². The van der Waals surface area contributed by atoms with Crippen molar-refractivity contribution in [2.24, 2.45) is 0 Å². The van der Waals surface area contributed by atoms with E-state index in [2.05, 4.69) is 9.97 Å². The standard InChI is InChI=1S/C23H18ClN5O2S/c1-14-20(28-11-4-3-7-18(28)26-14)22(30)29(13-15-6-5-10-25-12-15)23-27-19-17(31-2)9-8-16(24)21(19)32-23/h3-12H,13H2,1-2H3. The first-order chi connectivity index (χ1) is 15.6. The molecular weight excluding hydrogens is 446 g/mol. The lowest BCUT2D eigenvalue weighted by Gasteiger charge is -2.20. The topological polar surface area (TPSA) is 72.6 Å². The summed E-state index contributed by atoms with van der Waals surface area (Å²) in [4.78, 5) is 29.0. The van der Waals surface area contributed by atoms with Gasteiger partial charge in [-0.25, -0.2) is 9.97 Å². The number of methoxy groups -OCH3 is 1. The molecule has 1 aromatic carbocycles. The lowest BCUT2D eigenvalue weighted by molar-refractivity contribution is 0.0979. The third-order valence-electron chi connectivity index (χ3n) is 5.11. The van der Waals surface area contributed by atoms with Crippen molar-refractivity contribution in [3.05, 3.63) is 83.0 Å². The Morgan fingerprint density at radius 3 is 2.84 bits per heavy atom. The molecule has 4 heterocycles. The summed E-state index contributed by atoms with van der Waals surface area (Å²) >= 11 is 7.78. The number of hydrogen-bond acceptors (Lipinski definition) is 6. The number of carbonyl (C=O) groups is 1. The Kier molecular flexibility index (Phi) is 5.24. The summed E-state index contributed by atoms with van der Waals surface area (Å²) in [6.07, 6.45) is 5.28. The molecule has 7 nitrogen and oxygen atoms in total. The molecule has 5 aromatic rings. The van der Waals surface area contributed by atoms with Crippen LogP contribution in [0.5, 0.6) is 5.75 Å². The van der Waals surface area contributed by atoms with Crippen molar-refractivity contribution in [1.82, 2.24) is 19.4 Å². The lowest BCUT2D eigenvalue weighted by Crippen LogP contribution is -2.31. The van der Waals surface area contributed by atoms with Gasteiger partial charge in [0.05, 0.1) is 29.1 Å². The highest BCUT2D eigenvalue weighted by Gasteiger charge is 2.27. The average Bonchev–Trinajstić information content (AvgIpc) is 3.39. The van der Waals surface area contributed by atoms with Crippen molar-refractivity contribution in [2.45, 2.75) is 13.5 Å². The number of thiazole rings is 1. The zero-order chi connectivity index (χ0) is 22.2. The van der Waals surface area contributed by atoms with Gasteiger partial charge in [0.1, 0.15) is 22.6 Å². The summed E-state index contributed by atoms with van der Waals surface area (Å²) in [7, 11) is 1.59. The lowest BCUT2D eigenvalue weighted by atomic mass is 10.2. The SMILES string of the molecule is COc1ccc(Cl)c2sc(N(Cc3cccnc3)C(=O)c3c(C)nc4ccccn34)nc12. The Labute approximate surface area is 192 Å². The highest BCUT2D eigenvalue weighted by Crippen LogP contribution is 2.39. The maximum Gasteiger partial charge on any atom is 0.279 e. The molecule has 5 rings (SSSR count). The zero-order valence-electron chi connectivity index (χ0n) is 17.3. The molecule has 0 saturated heterocycles. The number of hydrogen-bond donors (Lipinski definition) is 0. The van der Waals surface area contributed by atoms with Crippen LogP contribution in [0.2, 0.25) is 5.02 Å². The quantitative estimate of drug-likeness (QED) is 0.360. The van der Waals surface area contributed by atoms with Crippen molar-refractivity contribution in [1.29, 1.82) is 0 Å². The number of rotatable bonds is 5. The first kappa shape index (κ1) is 20.4. The normalized spacial score (nSPS) is 11.2. The predicted molar refractivity (Wildman–Crippen MR) is 126 cm³/mol. The molecule has 9 heteroatoms. The molecule has 0 N–H and O–H groups in total. The molecule has 0 unspecified atom stereocenters. The molecular formula is C23H18ClN5O2S. The molecule has 0 radical (unpaired) electrons. The predicted octanol–water partition coefficient (Wildman–Crippen LogP) is 5.16. The molecule has 0 saturated carbocycles. The van der Waals surface area contributed by atoms with Gasteiger partial charge in [-0.1, -0.05) is 35.1 Å². The van der Waals surface area contributed by atoms with Crippen molar-refractivity contribution in [3.8, 4) is 5.75 Å². The van der Waals surface area contributed by atoms with E-state index >= 15 is 0 Å². The third kappa shape index (κ3) is 3.47. The van der Waals surface area contributed by atoms with E-state index in [-0.39, 0.29) is 5.91 Å². The Balaban J connectivity index is 1.68. The number of halogens is 1. The van der Waals surface area contributed by atoms with Crippen LogP contribution >= 0.6 is 22.9 Å². The van der Waals surface area contributed by atoms with E-state index in [0.717, 1.165) is 10.3 Å². The zero-order valence-corrected chi connectivity index (χ0v) is 18.9. The van der Waals surface area contributed by atoms with Crippen molar-refractivity contribution in [2.75, 3.05) is 12.0 Å². The minimum absolute atomic E-state index is 0.209. The van der Waals surface area contributed by atoms with Crippen LogP contribution in [0.3, 0.4) is 0 Å². The van der Waals surface area contributed by atoms with E-state index in [1.807, 2.05) is 43.5 Å². The summed E-state index contributed by atoms with van der Waals surface area (Å²) in [6, 6.07) is 13.0. The number of aromatic nitrogens is 4. The number of benzene rings is 1. The summed E-state index contributed by atoms with van der Waals surface area (Å²) in [5.74, 6) is 0.394. The second-order valence-electron chi connectivity index (χ2n) is 7.15. The fraction of sp³-hybridized carbons (Fsp3) is 0.130. The molecule has 0 atom stereocenters. The minimum atomic E-state index is -0.209. The Hall–Kier alpha value is -3.49. The Morgan fingerprint density at radius 2 is 2.06 bits per heavy atom. The summed E-state index contributed by atoms with van der Waals surface area (Å²) in [6.45, 7) is 2.13. The number of fused-ring (bicyclic) bond motifs is 2. The van der Waals surface area contributed by atoms with Gasteiger partial charge in [-0.2, -0.15) is 0 Å². The van der Waals surface area contributed by atoms with Gasteiger partial charge in [-0.3, -0.25) is 19.1 Å². The van der Waals surface area contributed by atoms with Crippen LogP contribution in [0.4, 0.5) is 5.13 Å². The van der Waals surface area contributed by atoms with E-state index < -0.39 is 0 Å². The second kappa shape index (κ2) is 8.22. The fourth-order valence-corrected chi connectivity index (χ4v) is 4.87. The van der Waals surface area contributed by atoms with Gasteiger partial charge in [0.25, 0.3) is 5.91 Å². The van der Waals surface area contributed by atoms with Crippen molar-refractivity contribution in [3.63, 3.8) is 0 Å². The van der Waals surface area contributed by atoms with Gasteiger partial charge in [0, 0.05) is 18.6 Å². The molecule has 0 aliphatic rings. The van der Waals surface area contributed by atoms with E-state index in [1.54, 1.807) is 40.9 Å². The van der Waals surface area contributed by atoms with Gasteiger partial charge in [-0.05, 0) is 42.8 Å². The minimum Gasteiger partial charge on any atom is -0.494 e. The van der Waals surface area contributed by atoms with Gasteiger partial charge in [0.15, 0.2) is 5.13 Å². The van der Waals surface area contributed by atoms with Crippen LogP contribution in [0.25, 0.3) is 15.9 Å². The monoisotopic (exact) mass is 463 g/mol. The van der Waals surface area contributed by atoms with E-state index in [1.165, 1.54) is 11.3 Å². The van der Waals surface area contributed by atoms with E-state index in [4.69, 9.17) is 21.3 Å². The molecule has 160 valence electrons. The highest BCUT2D eigenvalue weighted by atomic mass is 35.5. The summed E-state index contributed by atoms with van der Waals surface area (Å²) in [5.41, 5.74) is 3.35. The number of anilines is 1. The van der Waals surface area contributed by atoms with E-state index in [0.29, 0.717) is 45.0 Å². The maximum absolute atomic E-state index is 13.9. The molecule has 0 aliphatic heterocycles. The van der Waals surface area contributed by atoms with Crippen molar-refractivity contribution < 1.29 is 9.53 Å². The fourth-order valence-electron chi connectivity index (χ4n) is 3.62. The number of aryl methyl sites for hydroxylation is 1. The number of pyridine rings is 2. The van der Waals surface area contributed by atoms with Crippen LogP contribution in [0.15, 0.2) is 61.1 Å². The summed E-state index contributed by atoms with van der Waals surface area (Å²) in [5, 5.41) is 1.08. The van der Waals surface area contributed by atoms with Gasteiger partial charge < -0.3 is 4.74 Å². The van der Waals surface area contributed by atoms with Crippen LogP contribution in [-0.2, 0) is 6.54 Å². The van der Waals surface area contributed by atoms with Crippen LogP contribution < -0.4 is 9.64 Å². The number of carbonyl (C=O) groups excluding carboxylic acids is 1. The Morgan fingerprint density at radius 1 is 1.19 bits per heavy atom. The number of ether oxygens (including phenoxy) is 1. The van der Waals surface area contributed by atoms with Crippen LogP contribution in [0, 0.1) is 6.92 Å². The second-order valence-corrected chi connectivity index (χ2v) is 8.54. The highest BCUT2D eigenvalue weighted by molar-refractivity contribution is 7.23. The molecule has 32 heavy (non-hydrogen) atoms. The van der Waals surface area contributed by atoms with Gasteiger partial charge in [0.2, 0.25) is 0 Å². The molecule has 1 amide bonds. The summed E-state index contributed by atoms with van der Waals surface area (Å²) < 4.78 is 8.03. The Bertz CT molecular complexity index is 1450. The number of imidazole rings is 1. The molecule has 0 spiro atoms.